The molecule has 3 N–H and O–H groups in total. The number of thiazole rings is 1. The molecular weight excluding hydrogens is 402 g/mol. The van der Waals surface area contributed by atoms with Crippen LogP contribution in [0.3, 0.4) is 0 Å². The molecule has 8 heteroatoms. The van der Waals surface area contributed by atoms with Gasteiger partial charge in [0.1, 0.15) is 0 Å². The number of carbonyl (C=O) groups is 1. The molecule has 0 aliphatic rings. The Balaban J connectivity index is 2.00. The van der Waals surface area contributed by atoms with Crippen molar-refractivity contribution < 1.29 is 20.0 Å². The number of nitrogens with one attached hydrogen (secondary N) is 1. The quantitative estimate of drug-likeness (QED) is 0.168. The Morgan fingerprint density at radius 2 is 1.50 bits per heavy atom. The van der Waals surface area contributed by atoms with Gasteiger partial charge in [0.25, 0.3) is 0 Å². The Bertz CT molecular complexity index is 567. The van der Waals surface area contributed by atoms with Gasteiger partial charge in [-0.05, 0) is 13.3 Å². The second kappa shape index (κ2) is 17.6. The second-order valence-electron chi connectivity index (χ2n) is 7.90. The van der Waals surface area contributed by atoms with E-state index in [4.69, 9.17) is 10.4 Å². The Kier molecular flexibility index (Phi) is 15.8. The molecule has 0 aliphatic heterocycles. The molecule has 0 fully saturated rings. The molecule has 1 rings (SSSR count). The minimum atomic E-state index is -0.297. The zero-order chi connectivity index (χ0) is 22.0. The van der Waals surface area contributed by atoms with Gasteiger partial charge in [0.2, 0.25) is 5.91 Å². The lowest BCUT2D eigenvalue weighted by molar-refractivity contribution is -0.492. The van der Waals surface area contributed by atoms with Crippen molar-refractivity contribution in [3.8, 4) is 0 Å². The molecular formula is C22H41N3O4S. The molecule has 0 saturated heterocycles. The van der Waals surface area contributed by atoms with Crippen molar-refractivity contribution in [2.75, 3.05) is 11.9 Å². The van der Waals surface area contributed by atoms with Gasteiger partial charge in [-0.25, -0.2) is 4.98 Å². The standard InChI is InChI=1S/C22H41N3O4S/c1-3-4-5-6-7-8-9-10-11-12-13-14-15-16-21(26)24-22-23-19(2)20(30-22)17-18-29-25(27)28/h27-28H,3-18H2,1-2H3,(H,23,24,26). The van der Waals surface area contributed by atoms with Gasteiger partial charge < -0.3 is 5.32 Å². The van der Waals surface area contributed by atoms with Crippen LogP contribution in [0.1, 0.15) is 107 Å². The molecule has 174 valence electrons. The van der Waals surface area contributed by atoms with Gasteiger partial charge in [0, 0.05) is 17.7 Å². The summed E-state index contributed by atoms with van der Waals surface area (Å²) >= 11 is 1.40. The third-order valence-electron chi connectivity index (χ3n) is 5.18. The topological polar surface area (TPSA) is 94.9 Å². The number of aryl methyl sites for hydroxylation is 1. The van der Waals surface area contributed by atoms with E-state index in [9.17, 15) is 4.79 Å². The van der Waals surface area contributed by atoms with E-state index in [-0.39, 0.29) is 17.9 Å². The number of rotatable bonds is 19. The van der Waals surface area contributed by atoms with E-state index in [1.54, 1.807) is 0 Å². The summed E-state index contributed by atoms with van der Waals surface area (Å²) in [7, 11) is 0. The number of hydrogen-bond acceptors (Lipinski definition) is 7. The molecule has 1 heterocycles. The number of nitrogens with zero attached hydrogens (tertiary/aromatic N) is 2. The smallest absolute Gasteiger partial charge is 0.226 e. The van der Waals surface area contributed by atoms with Crippen LogP contribution in [0.2, 0.25) is 0 Å². The number of aromatic nitrogens is 1. The van der Waals surface area contributed by atoms with Gasteiger partial charge >= 0.3 is 0 Å². The Morgan fingerprint density at radius 1 is 0.967 bits per heavy atom. The summed E-state index contributed by atoms with van der Waals surface area (Å²) in [5.41, 5.74) is 0.822. The Morgan fingerprint density at radius 3 is 2.03 bits per heavy atom. The minimum absolute atomic E-state index is 0.00603. The predicted octanol–water partition coefficient (Wildman–Crippen LogP) is 6.43. The first kappa shape index (κ1) is 27.0. The summed E-state index contributed by atoms with van der Waals surface area (Å²) in [6, 6.07) is 0. The van der Waals surface area contributed by atoms with Crippen LogP contribution in [0.4, 0.5) is 5.13 Å². The monoisotopic (exact) mass is 443 g/mol. The van der Waals surface area contributed by atoms with Crippen LogP contribution in [-0.2, 0) is 16.1 Å². The number of anilines is 1. The van der Waals surface area contributed by atoms with Crippen LogP contribution >= 0.6 is 11.3 Å². The molecule has 7 nitrogen and oxygen atoms in total. The lowest BCUT2D eigenvalue weighted by Gasteiger charge is -2.04. The molecule has 1 aromatic rings. The molecule has 1 aromatic heterocycles. The van der Waals surface area contributed by atoms with Crippen molar-refractivity contribution in [3.63, 3.8) is 0 Å². The normalized spacial score (nSPS) is 11.4. The maximum Gasteiger partial charge on any atom is 0.226 e. The number of carbonyl (C=O) groups excluding carboxylic acids is 1. The van der Waals surface area contributed by atoms with Gasteiger partial charge in [0.15, 0.2) is 5.13 Å². The first-order valence-corrected chi connectivity index (χ1v) is 12.4. The second-order valence-corrected chi connectivity index (χ2v) is 8.99. The summed E-state index contributed by atoms with van der Waals surface area (Å²) < 4.78 is 0. The summed E-state index contributed by atoms with van der Waals surface area (Å²) in [6.07, 6.45) is 17.8. The predicted molar refractivity (Wildman–Crippen MR) is 121 cm³/mol. The van der Waals surface area contributed by atoms with E-state index in [2.05, 4.69) is 22.1 Å². The van der Waals surface area contributed by atoms with Crippen molar-refractivity contribution in [2.45, 2.75) is 110 Å². The van der Waals surface area contributed by atoms with Gasteiger partial charge in [0.05, 0.1) is 17.7 Å². The van der Waals surface area contributed by atoms with Crippen molar-refractivity contribution in [2.24, 2.45) is 0 Å². The fraction of sp³-hybridized carbons (Fsp3) is 0.818. The van der Waals surface area contributed by atoms with E-state index >= 15 is 0 Å². The fourth-order valence-corrected chi connectivity index (χ4v) is 4.38. The van der Waals surface area contributed by atoms with Crippen LogP contribution in [0.25, 0.3) is 0 Å². The molecule has 30 heavy (non-hydrogen) atoms. The highest BCUT2D eigenvalue weighted by Crippen LogP contribution is 2.23. The van der Waals surface area contributed by atoms with Crippen LogP contribution in [0.5, 0.6) is 0 Å². The van der Waals surface area contributed by atoms with Crippen LogP contribution < -0.4 is 5.32 Å². The molecule has 0 aromatic carbocycles. The van der Waals surface area contributed by atoms with Crippen molar-refractivity contribution >= 4 is 22.4 Å². The van der Waals surface area contributed by atoms with E-state index in [0.717, 1.165) is 23.4 Å². The number of amides is 1. The molecule has 1 amide bonds. The van der Waals surface area contributed by atoms with E-state index in [0.29, 0.717) is 18.0 Å². The first-order valence-electron chi connectivity index (χ1n) is 11.6. The first-order chi connectivity index (χ1) is 14.5. The van der Waals surface area contributed by atoms with Crippen molar-refractivity contribution in [3.05, 3.63) is 10.6 Å². The van der Waals surface area contributed by atoms with Crippen molar-refractivity contribution in [1.29, 1.82) is 0 Å². The highest BCUT2D eigenvalue weighted by Gasteiger charge is 2.11. The Labute approximate surface area is 185 Å². The van der Waals surface area contributed by atoms with Gasteiger partial charge in [-0.3, -0.25) is 20.0 Å². The maximum absolute atomic E-state index is 12.1. The lowest BCUT2D eigenvalue weighted by atomic mass is 10.0. The van der Waals surface area contributed by atoms with Crippen LogP contribution in [0, 0.1) is 6.92 Å². The lowest BCUT2D eigenvalue weighted by Crippen LogP contribution is -2.16. The molecule has 0 unspecified atom stereocenters. The summed E-state index contributed by atoms with van der Waals surface area (Å²) in [6.45, 7) is 4.25. The minimum Gasteiger partial charge on any atom is -0.302 e. The molecule has 0 saturated carbocycles. The third-order valence-corrected chi connectivity index (χ3v) is 6.31. The highest BCUT2D eigenvalue weighted by atomic mass is 32.1. The van der Waals surface area contributed by atoms with Crippen LogP contribution in [0.15, 0.2) is 0 Å². The zero-order valence-corrected chi connectivity index (χ0v) is 19.6. The molecule has 0 radical (unpaired) electrons. The number of unbranched alkanes of at least 4 members (excludes halogenated alkanes) is 12. The van der Waals surface area contributed by atoms with Gasteiger partial charge in [-0.1, -0.05) is 84.0 Å². The van der Waals surface area contributed by atoms with Crippen molar-refractivity contribution in [1.82, 2.24) is 10.4 Å². The van der Waals surface area contributed by atoms with Gasteiger partial charge in [-0.15, -0.1) is 11.3 Å². The van der Waals surface area contributed by atoms with E-state index in [1.165, 1.54) is 82.0 Å². The average molecular weight is 444 g/mol. The zero-order valence-electron chi connectivity index (χ0n) is 18.8. The fourth-order valence-electron chi connectivity index (χ4n) is 3.42. The largest absolute Gasteiger partial charge is 0.302 e. The molecule has 0 bridgehead atoms. The summed E-state index contributed by atoms with van der Waals surface area (Å²) in [5.74, 6) is 0.00603. The summed E-state index contributed by atoms with van der Waals surface area (Å²) in [4.78, 5) is 22.0. The third kappa shape index (κ3) is 14.0. The SMILES string of the molecule is CCCCCCCCCCCCCCCC(=O)Nc1nc(C)c(CCON(O)O)s1. The van der Waals surface area contributed by atoms with Gasteiger partial charge in [-0.2, -0.15) is 0 Å². The highest BCUT2D eigenvalue weighted by molar-refractivity contribution is 7.15. The molecule has 0 spiro atoms. The average Bonchev–Trinajstić information content (AvgIpc) is 3.04. The van der Waals surface area contributed by atoms with E-state index in [1.807, 2.05) is 6.92 Å². The summed E-state index contributed by atoms with van der Waals surface area (Å²) in [5, 5.41) is 20.2. The maximum atomic E-state index is 12.1. The molecule has 0 atom stereocenters. The number of hydrogen-bond donors (Lipinski definition) is 3. The van der Waals surface area contributed by atoms with E-state index < -0.39 is 0 Å². The molecule has 0 aliphatic carbocycles. The van der Waals surface area contributed by atoms with Crippen LogP contribution in [-0.4, -0.2) is 33.3 Å². The Hall–Kier alpha value is -1.06.